The van der Waals surface area contributed by atoms with E-state index in [9.17, 15) is 0 Å². The molecule has 0 N–H and O–H groups in total. The highest BCUT2D eigenvalue weighted by Crippen LogP contribution is 2.30. The Balaban J connectivity index is 1.71. The van der Waals surface area contributed by atoms with E-state index in [1.165, 1.54) is 16.8 Å². The predicted molar refractivity (Wildman–Crippen MR) is 135 cm³/mol. The number of methoxy groups -OCH3 is 1. The average Bonchev–Trinajstić information content (AvgIpc) is 2.87. The lowest BCUT2D eigenvalue weighted by molar-refractivity contribution is 0.122. The maximum Gasteiger partial charge on any atom is 0.116 e. The molecule has 170 valence electrons. The lowest BCUT2D eigenvalue weighted by Gasteiger charge is -2.29. The first kappa shape index (κ1) is 22.7. The molecule has 0 radical (unpaired) electrons. The summed E-state index contributed by atoms with van der Waals surface area (Å²) in [6.07, 6.45) is 5.67. The number of hydrogen-bond donors (Lipinski definition) is 0. The van der Waals surface area contributed by atoms with Crippen molar-refractivity contribution < 1.29 is 9.47 Å². The summed E-state index contributed by atoms with van der Waals surface area (Å²) in [5.74, 6) is 0.793. The molecule has 1 aliphatic heterocycles. The molecule has 0 saturated carbocycles. The van der Waals surface area contributed by atoms with Crippen LogP contribution in [0.15, 0.2) is 71.8 Å². The lowest BCUT2D eigenvalue weighted by Crippen LogP contribution is -2.36. The number of nitrogens with zero attached hydrogens (tertiary/aromatic N) is 4. The third kappa shape index (κ3) is 5.12. The summed E-state index contributed by atoms with van der Waals surface area (Å²) in [5.41, 5.74) is 7.35. The highest BCUT2D eigenvalue weighted by molar-refractivity contribution is 5.94. The van der Waals surface area contributed by atoms with Crippen molar-refractivity contribution in [1.82, 2.24) is 9.97 Å². The fraction of sp³-hybridized carbons (Fsp3) is 0.296. The van der Waals surface area contributed by atoms with E-state index in [1.807, 2.05) is 6.92 Å². The van der Waals surface area contributed by atoms with Gasteiger partial charge in [0.05, 0.1) is 37.2 Å². The van der Waals surface area contributed by atoms with Gasteiger partial charge in [-0.3, -0.25) is 4.99 Å². The van der Waals surface area contributed by atoms with Crippen LogP contribution in [0, 0.1) is 6.92 Å². The Hall–Kier alpha value is -3.51. The topological polar surface area (TPSA) is 59.8 Å². The van der Waals surface area contributed by atoms with Crippen molar-refractivity contribution in [3.05, 3.63) is 78.0 Å². The van der Waals surface area contributed by atoms with Gasteiger partial charge < -0.3 is 14.4 Å². The van der Waals surface area contributed by atoms with Crippen LogP contribution in [0.4, 0.5) is 5.69 Å². The van der Waals surface area contributed by atoms with Crippen LogP contribution in [0.1, 0.15) is 18.1 Å². The second kappa shape index (κ2) is 10.4. The van der Waals surface area contributed by atoms with E-state index >= 15 is 0 Å². The second-order valence-electron chi connectivity index (χ2n) is 8.06. The number of aromatic nitrogens is 2. The van der Waals surface area contributed by atoms with E-state index in [4.69, 9.17) is 9.47 Å². The molecule has 0 spiro atoms. The molecular formula is C27H30N4O2. The number of anilines is 1. The quantitative estimate of drug-likeness (QED) is 0.375. The summed E-state index contributed by atoms with van der Waals surface area (Å²) in [6.45, 7) is 11.1. The number of aliphatic imine (C=N–C) groups is 1. The zero-order valence-corrected chi connectivity index (χ0v) is 19.5. The van der Waals surface area contributed by atoms with E-state index < -0.39 is 0 Å². The Bertz CT molecular complexity index is 1210. The van der Waals surface area contributed by atoms with Gasteiger partial charge in [0.2, 0.25) is 0 Å². The van der Waals surface area contributed by atoms with Gasteiger partial charge in [-0.25, -0.2) is 9.97 Å². The van der Waals surface area contributed by atoms with Crippen LogP contribution in [0.25, 0.3) is 22.2 Å². The van der Waals surface area contributed by atoms with Crippen molar-refractivity contribution in [3.8, 4) is 11.3 Å². The molecule has 2 aromatic carbocycles. The molecular weight excluding hydrogens is 412 g/mol. The highest BCUT2D eigenvalue weighted by Gasteiger charge is 2.14. The van der Waals surface area contributed by atoms with Gasteiger partial charge in [0.25, 0.3) is 0 Å². The normalized spacial score (nSPS) is 15.1. The summed E-state index contributed by atoms with van der Waals surface area (Å²) < 4.78 is 10.9. The first-order valence-corrected chi connectivity index (χ1v) is 11.2. The smallest absolute Gasteiger partial charge is 0.116 e. The van der Waals surface area contributed by atoms with Gasteiger partial charge in [0.1, 0.15) is 12.1 Å². The average molecular weight is 443 g/mol. The second-order valence-corrected chi connectivity index (χ2v) is 8.06. The van der Waals surface area contributed by atoms with Crippen LogP contribution in [0.5, 0.6) is 0 Å². The minimum absolute atomic E-state index is 0.661. The molecule has 4 rings (SSSR count). The number of hydrogen-bond acceptors (Lipinski definition) is 6. The van der Waals surface area contributed by atoms with Crippen molar-refractivity contribution in [2.24, 2.45) is 4.99 Å². The maximum absolute atomic E-state index is 5.49. The van der Waals surface area contributed by atoms with Crippen LogP contribution in [-0.4, -0.2) is 49.6 Å². The molecule has 33 heavy (non-hydrogen) atoms. The van der Waals surface area contributed by atoms with Crippen LogP contribution in [-0.2, 0) is 15.9 Å². The van der Waals surface area contributed by atoms with E-state index in [0.717, 1.165) is 59.9 Å². The van der Waals surface area contributed by atoms with Crippen molar-refractivity contribution in [2.45, 2.75) is 20.3 Å². The Morgan fingerprint density at radius 1 is 1.18 bits per heavy atom. The minimum atomic E-state index is 0.661. The number of morpholine rings is 1. The lowest BCUT2D eigenvalue weighted by atomic mass is 9.97. The molecule has 3 aromatic rings. The van der Waals surface area contributed by atoms with Gasteiger partial charge in [-0.1, -0.05) is 24.8 Å². The van der Waals surface area contributed by atoms with Crippen LogP contribution in [0.3, 0.4) is 0 Å². The Morgan fingerprint density at radius 2 is 2.00 bits per heavy atom. The summed E-state index contributed by atoms with van der Waals surface area (Å²) in [4.78, 5) is 16.1. The summed E-state index contributed by atoms with van der Waals surface area (Å²) >= 11 is 0. The standard InChI is InChI=1S/C27H30N4O2/c1-5-10-28-25(20(3)32-4)16-22-15-21(7-6-19(22)2)27-24-9-8-23(17-26(24)29-18-30-27)31-11-13-33-14-12-31/h5-10,15,17-18H,1,11-14,16H2,2-4H3/b25-20+,28-10?. The third-order valence-corrected chi connectivity index (χ3v) is 6.03. The summed E-state index contributed by atoms with van der Waals surface area (Å²) in [5, 5.41) is 1.04. The molecule has 1 aliphatic rings. The number of allylic oxidation sites excluding steroid dienone is 3. The molecule has 1 fully saturated rings. The van der Waals surface area contributed by atoms with Crippen molar-refractivity contribution in [1.29, 1.82) is 0 Å². The number of aryl methyl sites for hydroxylation is 1. The maximum atomic E-state index is 5.49. The van der Waals surface area contributed by atoms with E-state index in [1.54, 1.807) is 25.7 Å². The van der Waals surface area contributed by atoms with E-state index in [2.05, 4.69) is 69.8 Å². The van der Waals surface area contributed by atoms with Gasteiger partial charge in [-0.15, -0.1) is 0 Å². The molecule has 2 heterocycles. The number of benzene rings is 2. The van der Waals surface area contributed by atoms with E-state index in [0.29, 0.717) is 6.42 Å². The van der Waals surface area contributed by atoms with Crippen molar-refractivity contribution in [3.63, 3.8) is 0 Å². The Kier molecular flexibility index (Phi) is 7.15. The zero-order valence-electron chi connectivity index (χ0n) is 19.5. The predicted octanol–water partition coefficient (Wildman–Crippen LogP) is 5.12. The SMILES string of the molecule is C=CC=N/C(Cc1cc(-c2ncnc3cc(N4CCOCC4)ccc23)ccc1C)=C(\C)OC. The fourth-order valence-electron chi connectivity index (χ4n) is 4.00. The molecule has 0 atom stereocenters. The Morgan fingerprint density at radius 3 is 2.76 bits per heavy atom. The molecule has 0 amide bonds. The first-order chi connectivity index (χ1) is 16.1. The van der Waals surface area contributed by atoms with E-state index in [-0.39, 0.29) is 0 Å². The van der Waals surface area contributed by atoms with Gasteiger partial charge >= 0.3 is 0 Å². The third-order valence-electron chi connectivity index (χ3n) is 6.03. The molecule has 0 bridgehead atoms. The molecule has 6 nitrogen and oxygen atoms in total. The molecule has 6 heteroatoms. The summed E-state index contributed by atoms with van der Waals surface area (Å²) in [7, 11) is 1.67. The first-order valence-electron chi connectivity index (χ1n) is 11.2. The number of ether oxygens (including phenoxy) is 2. The fourth-order valence-corrected chi connectivity index (χ4v) is 4.00. The highest BCUT2D eigenvalue weighted by atomic mass is 16.5. The van der Waals surface area contributed by atoms with Crippen LogP contribution < -0.4 is 4.90 Å². The number of rotatable bonds is 7. The zero-order chi connectivity index (χ0) is 23.2. The monoisotopic (exact) mass is 442 g/mol. The molecule has 0 unspecified atom stereocenters. The van der Waals surface area contributed by atoms with Gasteiger partial charge in [0, 0.05) is 42.4 Å². The molecule has 1 saturated heterocycles. The number of fused-ring (bicyclic) bond motifs is 1. The molecule has 0 aliphatic carbocycles. The van der Waals surface area contributed by atoms with Crippen molar-refractivity contribution in [2.75, 3.05) is 38.3 Å². The summed E-state index contributed by atoms with van der Waals surface area (Å²) in [6, 6.07) is 12.9. The Labute approximate surface area is 195 Å². The van der Waals surface area contributed by atoms with Gasteiger partial charge in [-0.2, -0.15) is 0 Å². The largest absolute Gasteiger partial charge is 0.499 e. The van der Waals surface area contributed by atoms with Gasteiger partial charge in [0.15, 0.2) is 0 Å². The van der Waals surface area contributed by atoms with Crippen LogP contribution in [0.2, 0.25) is 0 Å². The van der Waals surface area contributed by atoms with Crippen molar-refractivity contribution >= 4 is 22.8 Å². The van der Waals surface area contributed by atoms with Crippen LogP contribution >= 0.6 is 0 Å². The molecule has 1 aromatic heterocycles. The van der Waals surface area contributed by atoms with Gasteiger partial charge in [-0.05, 0) is 49.2 Å². The minimum Gasteiger partial charge on any atom is -0.499 e.